The van der Waals surface area contributed by atoms with Crippen LogP contribution >= 0.6 is 0 Å². The Morgan fingerprint density at radius 3 is 1.20 bits per heavy atom. The largest absolute Gasteiger partial charge is 2.00 e. The van der Waals surface area contributed by atoms with E-state index in [2.05, 4.69) is 0 Å². The first-order valence-corrected chi connectivity index (χ1v) is 0. The van der Waals surface area contributed by atoms with Gasteiger partial charge in [-0.2, -0.15) is 0 Å². The summed E-state index contributed by atoms with van der Waals surface area (Å²) >= 11 is 0. The van der Waals surface area contributed by atoms with Crippen molar-refractivity contribution in [3.63, 3.8) is 0 Å². The summed E-state index contributed by atoms with van der Waals surface area (Å²) in [5, 5.41) is 0. The minimum absolute atomic E-state index is 0. The number of hydrogen-bond acceptors (Lipinski definition) is 0. The summed E-state index contributed by atoms with van der Waals surface area (Å²) in [6.07, 6.45) is 0. The molecule has 5 heteroatoms. The van der Waals surface area contributed by atoms with E-state index in [4.69, 9.17) is 0 Å². The van der Waals surface area contributed by atoms with Crippen LogP contribution in [-0.2, 0) is 57.6 Å². The fourth-order valence-electron chi connectivity index (χ4n) is 0. The average molecular weight is 286 g/mol. The van der Waals surface area contributed by atoms with Gasteiger partial charge in [0.1, 0.15) is 0 Å². The first kappa shape index (κ1) is 36.8. The van der Waals surface area contributed by atoms with Gasteiger partial charge in [-0.1, -0.05) is 0 Å². The van der Waals surface area contributed by atoms with Crippen LogP contribution in [0.2, 0.25) is 0 Å². The molecule has 5 heavy (non-hydrogen) atoms. The van der Waals surface area contributed by atoms with E-state index in [0.717, 1.165) is 0 Å². The van der Waals surface area contributed by atoms with Gasteiger partial charge >= 0.3 is 60.8 Å². The normalized spacial score (nSPS) is 0. The quantitative estimate of drug-likeness (QED) is 0.535. The van der Waals surface area contributed by atoms with Crippen LogP contribution in [0.4, 0.5) is 0 Å². The molecule has 0 fully saturated rings. The maximum absolute atomic E-state index is 0. The zero-order chi connectivity index (χ0) is 0. The Bertz CT molecular complexity index is 20.5. The van der Waals surface area contributed by atoms with Gasteiger partial charge in [-0.05, 0) is 0 Å². The van der Waals surface area contributed by atoms with Gasteiger partial charge in [0, 0.05) is 57.6 Å². The van der Waals surface area contributed by atoms with Crippen molar-refractivity contribution in [2.24, 2.45) is 0 Å². The summed E-state index contributed by atoms with van der Waals surface area (Å²) in [6, 6.07) is 0. The first-order chi connectivity index (χ1) is 0. The van der Waals surface area contributed by atoms with Crippen molar-refractivity contribution in [1.29, 1.82) is 0 Å². The zero-order valence-corrected chi connectivity index (χ0v) is 12.6. The summed E-state index contributed by atoms with van der Waals surface area (Å²) < 4.78 is 0. The molecule has 0 aliphatic heterocycles. The smallest absolute Gasteiger partial charge is 1.00 e. The molecule has 0 amide bonds. The molecule has 0 aliphatic rings. The van der Waals surface area contributed by atoms with Gasteiger partial charge in [0.2, 0.25) is 0 Å². The molecule has 0 nitrogen and oxygen atoms in total. The van der Waals surface area contributed by atoms with Crippen molar-refractivity contribution in [1.82, 2.24) is 0 Å². The van der Waals surface area contributed by atoms with Crippen molar-refractivity contribution in [3.05, 3.63) is 0 Å². The van der Waals surface area contributed by atoms with Crippen molar-refractivity contribution < 1.29 is 63.3 Å². The topological polar surface area (TPSA) is 0 Å². The second kappa shape index (κ2) is 24.8. The second-order valence-electron chi connectivity index (χ2n) is 0. The predicted octanol–water partition coefficient (Wildman–Crippen LogP) is -0.319. The van der Waals surface area contributed by atoms with Crippen LogP contribution in [0.5, 0.6) is 0 Å². The maximum Gasteiger partial charge on any atom is 2.00 e. The van der Waals surface area contributed by atoms with E-state index in [0.29, 0.717) is 0 Å². The van der Waals surface area contributed by atoms with E-state index in [1.807, 2.05) is 0 Å². The van der Waals surface area contributed by atoms with E-state index >= 15 is 0 Å². The molecule has 0 saturated carbocycles. The Kier molecular flexibility index (Phi) is 183. The third kappa shape index (κ3) is 18.1. The summed E-state index contributed by atoms with van der Waals surface area (Å²) in [5.41, 5.74) is 0. The predicted molar refractivity (Wildman–Crippen MR) is 16.0 cm³/mol. The molecule has 0 rings (SSSR count). The van der Waals surface area contributed by atoms with Crippen LogP contribution in [0.1, 0.15) is 5.71 Å². The first-order valence-electron chi connectivity index (χ1n) is 0. The molecular weight excluding hydrogens is 282 g/mol. The monoisotopic (exact) mass is 286 g/mol. The van der Waals surface area contributed by atoms with E-state index in [9.17, 15) is 0 Å². The molecule has 0 aromatic heterocycles. The van der Waals surface area contributed by atoms with Gasteiger partial charge in [-0.15, -0.1) is 0 Å². The molecule has 0 aromatic rings. The molecule has 0 N–H and O–H groups in total. The molecule has 0 saturated heterocycles. The Hall–Kier alpha value is 3.86. The van der Waals surface area contributed by atoms with E-state index in [1.54, 1.807) is 0 Å². The van der Waals surface area contributed by atoms with Gasteiger partial charge < -0.3 is 5.71 Å². The molecule has 0 aliphatic carbocycles. The fourth-order valence-corrected chi connectivity index (χ4v) is 0. The molecule has 0 heterocycles. The standard InChI is InChI=1S/Ca.Fe.Mg.Mo.Zn.4H/q+2;;+2;;;4*-1. The SMILES string of the molecule is [Ca+2].[Fe].[H-].[H-].[H-].[H-].[Mg+2].[Mo].[Zn]. The van der Waals surface area contributed by atoms with Crippen LogP contribution < -0.4 is 0 Å². The van der Waals surface area contributed by atoms with Crippen LogP contribution in [0, 0.1) is 0 Å². The van der Waals surface area contributed by atoms with Gasteiger partial charge in [-0.3, -0.25) is 0 Å². The molecule has 0 radical (unpaired) electrons. The van der Waals surface area contributed by atoms with Crippen LogP contribution in [-0.4, -0.2) is 60.8 Å². The molecule has 0 spiro atoms. The van der Waals surface area contributed by atoms with Crippen LogP contribution in [0.25, 0.3) is 0 Å². The Morgan fingerprint density at radius 1 is 1.20 bits per heavy atom. The Balaban J connectivity index is 0. The van der Waals surface area contributed by atoms with E-state index < -0.39 is 0 Å². The van der Waals surface area contributed by atoms with E-state index in [1.165, 1.54) is 0 Å². The van der Waals surface area contributed by atoms with Gasteiger partial charge in [0.25, 0.3) is 0 Å². The number of rotatable bonds is 0. The molecule has 0 atom stereocenters. The Labute approximate surface area is 122 Å². The fraction of sp³-hybridized carbons (Fsp3) is 0. The van der Waals surface area contributed by atoms with Crippen molar-refractivity contribution in [3.8, 4) is 0 Å². The summed E-state index contributed by atoms with van der Waals surface area (Å²) in [4.78, 5) is 0. The molecule has 0 unspecified atom stereocenters. The van der Waals surface area contributed by atoms with Crippen LogP contribution in [0.3, 0.4) is 0 Å². The Morgan fingerprint density at radius 2 is 1.20 bits per heavy atom. The molecule has 24 valence electrons. The number of hydrogen-bond donors (Lipinski definition) is 0. The zero-order valence-electron chi connectivity index (χ0n) is 6.88. The minimum atomic E-state index is 0. The van der Waals surface area contributed by atoms with Gasteiger partial charge in [-0.25, -0.2) is 0 Å². The van der Waals surface area contributed by atoms with Crippen LogP contribution in [0.15, 0.2) is 0 Å². The molecular formula is H4CaFeMgMoZn. The van der Waals surface area contributed by atoms with Crippen molar-refractivity contribution in [2.75, 3.05) is 0 Å². The summed E-state index contributed by atoms with van der Waals surface area (Å²) in [6.45, 7) is 0. The minimum Gasteiger partial charge on any atom is -1.00 e. The van der Waals surface area contributed by atoms with E-state index in [-0.39, 0.29) is 124 Å². The summed E-state index contributed by atoms with van der Waals surface area (Å²) in [5.74, 6) is 0. The van der Waals surface area contributed by atoms with Crippen molar-refractivity contribution in [2.45, 2.75) is 0 Å². The van der Waals surface area contributed by atoms with Gasteiger partial charge in [0.05, 0.1) is 0 Å². The summed E-state index contributed by atoms with van der Waals surface area (Å²) in [7, 11) is 0. The third-order valence-corrected chi connectivity index (χ3v) is 0. The van der Waals surface area contributed by atoms with Gasteiger partial charge in [0.15, 0.2) is 0 Å². The third-order valence-electron chi connectivity index (χ3n) is 0. The maximum atomic E-state index is 0. The molecule has 0 bridgehead atoms. The molecule has 0 aromatic carbocycles. The second-order valence-corrected chi connectivity index (χ2v) is 0. The van der Waals surface area contributed by atoms with Crippen molar-refractivity contribution >= 4 is 60.8 Å². The average Bonchev–Trinajstić information content (AvgIpc) is 0.